The largest absolute Gasteiger partial charge is 0.450 e. The number of carbonyl (C=O) groups is 1. The first-order valence-electron chi connectivity index (χ1n) is 6.45. The van der Waals surface area contributed by atoms with Gasteiger partial charge in [0.2, 0.25) is 0 Å². The fourth-order valence-corrected chi connectivity index (χ4v) is 1.73. The van der Waals surface area contributed by atoms with Crippen molar-refractivity contribution < 1.29 is 19.2 Å². The predicted octanol–water partition coefficient (Wildman–Crippen LogP) is 2.61. The lowest BCUT2D eigenvalue weighted by molar-refractivity contribution is -0.384. The molecule has 1 rings (SSSR count). The summed E-state index contributed by atoms with van der Waals surface area (Å²) in [4.78, 5) is 21.9. The molecule has 0 saturated carbocycles. The summed E-state index contributed by atoms with van der Waals surface area (Å²) in [6.45, 7) is 4.16. The molecule has 0 aromatic heterocycles. The van der Waals surface area contributed by atoms with Gasteiger partial charge < -0.3 is 14.8 Å². The highest BCUT2D eigenvalue weighted by atomic mass is 16.6. The maximum Gasteiger partial charge on any atom is 0.411 e. The zero-order valence-corrected chi connectivity index (χ0v) is 12.2. The molecule has 0 aliphatic rings. The zero-order chi connectivity index (χ0) is 15.8. The van der Waals surface area contributed by atoms with Gasteiger partial charge in [0, 0.05) is 24.9 Å². The van der Waals surface area contributed by atoms with Gasteiger partial charge in [-0.15, -0.1) is 0 Å². The molecule has 0 aliphatic heterocycles. The highest BCUT2D eigenvalue weighted by Gasteiger charge is 2.16. The van der Waals surface area contributed by atoms with E-state index >= 15 is 0 Å². The van der Waals surface area contributed by atoms with Crippen LogP contribution in [0, 0.1) is 10.1 Å². The van der Waals surface area contributed by atoms with E-state index in [1.165, 1.54) is 18.2 Å². The molecule has 0 fully saturated rings. The fourth-order valence-electron chi connectivity index (χ4n) is 1.73. The number of carbonyl (C=O) groups excluding carboxylic acids is 1. The number of ether oxygens (including phenoxy) is 2. The Hall–Kier alpha value is -2.35. The summed E-state index contributed by atoms with van der Waals surface area (Å²) in [6, 6.07) is 4.14. The Bertz CT molecular complexity index is 507. The number of benzene rings is 1. The number of hydrogen-bond donors (Lipinski definition) is 2. The van der Waals surface area contributed by atoms with Gasteiger partial charge in [0.25, 0.3) is 5.69 Å². The molecule has 8 heteroatoms. The van der Waals surface area contributed by atoms with Crippen molar-refractivity contribution >= 4 is 23.2 Å². The van der Waals surface area contributed by atoms with Crippen molar-refractivity contribution in [1.82, 2.24) is 0 Å². The Morgan fingerprint density at radius 1 is 1.48 bits per heavy atom. The molecule has 0 heterocycles. The lowest BCUT2D eigenvalue weighted by Gasteiger charge is -2.15. The number of hydrogen-bond acceptors (Lipinski definition) is 6. The van der Waals surface area contributed by atoms with Crippen LogP contribution in [0.25, 0.3) is 0 Å². The lowest BCUT2D eigenvalue weighted by Crippen LogP contribution is -2.21. The maximum atomic E-state index is 11.4. The Balaban J connectivity index is 2.94. The van der Waals surface area contributed by atoms with E-state index in [0.29, 0.717) is 18.0 Å². The van der Waals surface area contributed by atoms with Gasteiger partial charge in [0.1, 0.15) is 5.69 Å². The predicted molar refractivity (Wildman–Crippen MR) is 78.7 cm³/mol. The minimum Gasteiger partial charge on any atom is -0.450 e. The Morgan fingerprint density at radius 3 is 2.76 bits per heavy atom. The molecule has 1 aromatic rings. The van der Waals surface area contributed by atoms with Crippen LogP contribution < -0.4 is 10.6 Å². The molecule has 0 saturated heterocycles. The molecule has 1 atom stereocenters. The van der Waals surface area contributed by atoms with Gasteiger partial charge in [-0.3, -0.25) is 15.4 Å². The third-order valence-electron chi connectivity index (χ3n) is 2.53. The number of amides is 1. The van der Waals surface area contributed by atoms with Gasteiger partial charge in [-0.2, -0.15) is 0 Å². The normalized spacial score (nSPS) is 11.6. The molecule has 8 nitrogen and oxygen atoms in total. The van der Waals surface area contributed by atoms with E-state index in [-0.39, 0.29) is 18.3 Å². The molecule has 0 bridgehead atoms. The van der Waals surface area contributed by atoms with Crippen molar-refractivity contribution in [3.05, 3.63) is 28.3 Å². The molecule has 0 aliphatic carbocycles. The number of nitro groups is 1. The number of methoxy groups -OCH3 is 1. The average molecular weight is 297 g/mol. The summed E-state index contributed by atoms with van der Waals surface area (Å²) in [5.74, 6) is 0. The molecular formula is C13H19N3O5. The second-order valence-electron chi connectivity index (χ2n) is 4.34. The fraction of sp³-hybridized carbons (Fsp3) is 0.462. The molecule has 1 amide bonds. The summed E-state index contributed by atoms with van der Waals surface area (Å²) in [7, 11) is 1.55. The van der Waals surface area contributed by atoms with Gasteiger partial charge in [0.15, 0.2) is 0 Å². The third kappa shape index (κ3) is 5.27. The van der Waals surface area contributed by atoms with E-state index in [1.807, 2.05) is 6.92 Å². The van der Waals surface area contributed by atoms with E-state index in [4.69, 9.17) is 9.47 Å². The van der Waals surface area contributed by atoms with Gasteiger partial charge in [-0.05, 0) is 26.0 Å². The van der Waals surface area contributed by atoms with Crippen LogP contribution in [0.15, 0.2) is 18.2 Å². The molecule has 0 radical (unpaired) electrons. The van der Waals surface area contributed by atoms with E-state index < -0.39 is 11.0 Å². The Kier molecular flexibility index (Phi) is 6.41. The summed E-state index contributed by atoms with van der Waals surface area (Å²) in [5, 5.41) is 16.5. The summed E-state index contributed by atoms with van der Waals surface area (Å²) >= 11 is 0. The molecule has 1 unspecified atom stereocenters. The van der Waals surface area contributed by atoms with Crippen LogP contribution >= 0.6 is 0 Å². The first-order chi connectivity index (χ1) is 9.97. The second-order valence-corrected chi connectivity index (χ2v) is 4.34. The van der Waals surface area contributed by atoms with Crippen LogP contribution in [0.5, 0.6) is 0 Å². The van der Waals surface area contributed by atoms with E-state index in [9.17, 15) is 14.9 Å². The first-order valence-corrected chi connectivity index (χ1v) is 6.45. The topological polar surface area (TPSA) is 103 Å². The highest BCUT2D eigenvalue weighted by molar-refractivity contribution is 5.86. The van der Waals surface area contributed by atoms with E-state index in [0.717, 1.165) is 0 Å². The lowest BCUT2D eigenvalue weighted by atomic mass is 10.2. The van der Waals surface area contributed by atoms with Crippen LogP contribution in [-0.2, 0) is 9.47 Å². The van der Waals surface area contributed by atoms with Crippen molar-refractivity contribution in [2.24, 2.45) is 0 Å². The maximum absolute atomic E-state index is 11.4. The minimum absolute atomic E-state index is 0.0765. The third-order valence-corrected chi connectivity index (χ3v) is 2.53. The SMILES string of the molecule is CCOC(=O)Nc1ccc([N+](=O)[O-])c(NC(C)COC)c1. The van der Waals surface area contributed by atoms with Crippen molar-refractivity contribution in [3.8, 4) is 0 Å². The number of nitrogens with zero attached hydrogens (tertiary/aromatic N) is 1. The smallest absolute Gasteiger partial charge is 0.411 e. The van der Waals surface area contributed by atoms with Gasteiger partial charge in [0.05, 0.1) is 18.1 Å². The molecule has 116 valence electrons. The second kappa shape index (κ2) is 8.05. The van der Waals surface area contributed by atoms with Crippen LogP contribution in [-0.4, -0.2) is 37.4 Å². The standard InChI is InChI=1S/C13H19N3O5/c1-4-21-13(17)15-10-5-6-12(16(18)19)11(7-10)14-9(2)8-20-3/h5-7,9,14H,4,8H2,1-3H3,(H,15,17). The average Bonchev–Trinajstić information content (AvgIpc) is 2.38. The van der Waals surface area contributed by atoms with Gasteiger partial charge in [-0.25, -0.2) is 4.79 Å². The summed E-state index contributed by atoms with van der Waals surface area (Å²) in [5.41, 5.74) is 0.636. The van der Waals surface area contributed by atoms with Crippen molar-refractivity contribution in [2.75, 3.05) is 31.0 Å². The first kappa shape index (κ1) is 16.7. The highest BCUT2D eigenvalue weighted by Crippen LogP contribution is 2.28. The monoisotopic (exact) mass is 297 g/mol. The number of rotatable bonds is 7. The van der Waals surface area contributed by atoms with E-state index in [2.05, 4.69) is 10.6 Å². The molecule has 1 aromatic carbocycles. The summed E-state index contributed by atoms with van der Waals surface area (Å²) < 4.78 is 9.74. The molecule has 0 spiro atoms. The summed E-state index contributed by atoms with van der Waals surface area (Å²) in [6.07, 6.45) is -0.609. The van der Waals surface area contributed by atoms with Crippen molar-refractivity contribution in [2.45, 2.75) is 19.9 Å². The molecule has 21 heavy (non-hydrogen) atoms. The molecule has 2 N–H and O–H groups in total. The van der Waals surface area contributed by atoms with Crippen LogP contribution in [0.4, 0.5) is 21.9 Å². The van der Waals surface area contributed by atoms with Crippen molar-refractivity contribution in [1.29, 1.82) is 0 Å². The minimum atomic E-state index is -0.609. The van der Waals surface area contributed by atoms with Gasteiger partial charge >= 0.3 is 6.09 Å². The number of anilines is 2. The van der Waals surface area contributed by atoms with Crippen LogP contribution in [0.2, 0.25) is 0 Å². The number of nitro benzene ring substituents is 1. The van der Waals surface area contributed by atoms with Crippen LogP contribution in [0.1, 0.15) is 13.8 Å². The number of nitrogens with one attached hydrogen (secondary N) is 2. The van der Waals surface area contributed by atoms with Crippen LogP contribution in [0.3, 0.4) is 0 Å². The Labute approximate surface area is 122 Å². The Morgan fingerprint density at radius 2 is 2.19 bits per heavy atom. The quantitative estimate of drug-likeness (QED) is 0.592. The molecular weight excluding hydrogens is 278 g/mol. The van der Waals surface area contributed by atoms with E-state index in [1.54, 1.807) is 14.0 Å². The zero-order valence-electron chi connectivity index (χ0n) is 12.2. The van der Waals surface area contributed by atoms with Gasteiger partial charge in [-0.1, -0.05) is 0 Å². The van der Waals surface area contributed by atoms with Crippen molar-refractivity contribution in [3.63, 3.8) is 0 Å².